The standard InChI is InChI=1S/C13H23N3O3S/c1-4-20(17,18)16-8-6-5-7-11(16)13-14-12(15-19-13)9-10(2)3/h10-11H,4-9H2,1-3H3/t11-/m1/s1. The zero-order valence-electron chi connectivity index (χ0n) is 12.4. The Morgan fingerprint density at radius 2 is 2.15 bits per heavy atom. The average molecular weight is 301 g/mol. The van der Waals surface area contributed by atoms with Crippen LogP contribution >= 0.6 is 0 Å². The number of nitrogens with zero attached hydrogens (tertiary/aromatic N) is 3. The Labute approximate surface area is 120 Å². The molecule has 0 radical (unpaired) electrons. The van der Waals surface area contributed by atoms with Crippen molar-refractivity contribution in [2.24, 2.45) is 5.92 Å². The monoisotopic (exact) mass is 301 g/mol. The molecule has 2 heterocycles. The molecule has 0 N–H and O–H groups in total. The van der Waals surface area contributed by atoms with E-state index < -0.39 is 10.0 Å². The van der Waals surface area contributed by atoms with Gasteiger partial charge in [-0.1, -0.05) is 25.4 Å². The predicted octanol–water partition coefficient (Wildman–Crippen LogP) is 2.14. The van der Waals surface area contributed by atoms with Crippen LogP contribution in [0.5, 0.6) is 0 Å². The van der Waals surface area contributed by atoms with Gasteiger partial charge in [-0.3, -0.25) is 0 Å². The van der Waals surface area contributed by atoms with Gasteiger partial charge in [0.05, 0.1) is 5.75 Å². The summed E-state index contributed by atoms with van der Waals surface area (Å²) in [4.78, 5) is 4.39. The van der Waals surface area contributed by atoms with E-state index in [0.29, 0.717) is 24.2 Å². The van der Waals surface area contributed by atoms with Crippen LogP contribution in [0, 0.1) is 5.92 Å². The second kappa shape index (κ2) is 6.22. The van der Waals surface area contributed by atoms with Gasteiger partial charge in [-0.15, -0.1) is 0 Å². The van der Waals surface area contributed by atoms with E-state index in [-0.39, 0.29) is 11.8 Å². The summed E-state index contributed by atoms with van der Waals surface area (Å²) >= 11 is 0. The number of aromatic nitrogens is 2. The molecule has 0 bridgehead atoms. The summed E-state index contributed by atoms with van der Waals surface area (Å²) in [5.41, 5.74) is 0. The molecule has 0 aromatic carbocycles. The third-order valence-electron chi connectivity index (χ3n) is 3.54. The van der Waals surface area contributed by atoms with Crippen LogP contribution in [0.15, 0.2) is 4.52 Å². The van der Waals surface area contributed by atoms with Gasteiger partial charge in [0.2, 0.25) is 15.9 Å². The predicted molar refractivity (Wildman–Crippen MR) is 75.6 cm³/mol. The summed E-state index contributed by atoms with van der Waals surface area (Å²) in [5.74, 6) is 1.66. The van der Waals surface area contributed by atoms with Gasteiger partial charge in [0.25, 0.3) is 0 Å². The van der Waals surface area contributed by atoms with Gasteiger partial charge in [-0.2, -0.15) is 9.29 Å². The topological polar surface area (TPSA) is 76.3 Å². The van der Waals surface area contributed by atoms with Gasteiger partial charge in [0.1, 0.15) is 6.04 Å². The van der Waals surface area contributed by atoms with Crippen LogP contribution < -0.4 is 0 Å². The molecule has 0 spiro atoms. The van der Waals surface area contributed by atoms with Crippen molar-refractivity contribution in [3.63, 3.8) is 0 Å². The zero-order valence-corrected chi connectivity index (χ0v) is 13.2. The molecule has 114 valence electrons. The van der Waals surface area contributed by atoms with E-state index in [0.717, 1.165) is 25.7 Å². The van der Waals surface area contributed by atoms with E-state index in [1.807, 2.05) is 0 Å². The van der Waals surface area contributed by atoms with Crippen LogP contribution in [0.25, 0.3) is 0 Å². The van der Waals surface area contributed by atoms with Gasteiger partial charge in [0.15, 0.2) is 5.82 Å². The molecule has 2 rings (SSSR count). The highest BCUT2D eigenvalue weighted by molar-refractivity contribution is 7.89. The van der Waals surface area contributed by atoms with Crippen molar-refractivity contribution >= 4 is 10.0 Å². The van der Waals surface area contributed by atoms with Crippen LogP contribution in [0.1, 0.15) is 57.8 Å². The van der Waals surface area contributed by atoms with Crippen molar-refractivity contribution < 1.29 is 12.9 Å². The second-order valence-corrected chi connectivity index (χ2v) is 7.88. The Kier molecular flexibility index (Phi) is 4.80. The van der Waals surface area contributed by atoms with Gasteiger partial charge in [0, 0.05) is 13.0 Å². The van der Waals surface area contributed by atoms with Crippen LogP contribution in [0.4, 0.5) is 0 Å². The maximum absolute atomic E-state index is 12.2. The minimum absolute atomic E-state index is 0.108. The number of piperidine rings is 1. The fourth-order valence-electron chi connectivity index (χ4n) is 2.50. The SMILES string of the molecule is CCS(=O)(=O)N1CCCC[C@@H]1c1nc(CC(C)C)no1. The molecule has 1 fully saturated rings. The van der Waals surface area contributed by atoms with Gasteiger partial charge >= 0.3 is 0 Å². The molecule has 1 saturated heterocycles. The molecule has 1 aliphatic heterocycles. The molecule has 20 heavy (non-hydrogen) atoms. The molecular weight excluding hydrogens is 278 g/mol. The number of hydrogen-bond donors (Lipinski definition) is 0. The van der Waals surface area contributed by atoms with Crippen molar-refractivity contribution in [1.29, 1.82) is 0 Å². The zero-order chi connectivity index (χ0) is 14.8. The molecule has 1 aromatic heterocycles. The summed E-state index contributed by atoms with van der Waals surface area (Å²) < 4.78 is 31.2. The number of rotatable bonds is 5. The molecule has 0 unspecified atom stereocenters. The summed E-state index contributed by atoms with van der Waals surface area (Å²) in [5, 5.41) is 3.97. The molecular formula is C13H23N3O3S. The van der Waals surface area contributed by atoms with Crippen LogP contribution in [-0.4, -0.2) is 35.2 Å². The van der Waals surface area contributed by atoms with Crippen molar-refractivity contribution in [2.75, 3.05) is 12.3 Å². The first-order valence-corrected chi connectivity index (χ1v) is 8.87. The highest BCUT2D eigenvalue weighted by Crippen LogP contribution is 2.32. The quantitative estimate of drug-likeness (QED) is 0.833. The molecule has 0 saturated carbocycles. The normalized spacial score (nSPS) is 21.5. The van der Waals surface area contributed by atoms with E-state index in [2.05, 4.69) is 24.0 Å². The Morgan fingerprint density at radius 1 is 1.40 bits per heavy atom. The maximum Gasteiger partial charge on any atom is 0.245 e. The summed E-state index contributed by atoms with van der Waals surface area (Å²) in [7, 11) is -3.23. The summed E-state index contributed by atoms with van der Waals surface area (Å²) in [6, 6.07) is -0.290. The molecule has 1 aromatic rings. The summed E-state index contributed by atoms with van der Waals surface area (Å²) in [6.45, 7) is 6.39. The Balaban J connectivity index is 2.22. The van der Waals surface area contributed by atoms with Gasteiger partial charge < -0.3 is 4.52 Å². The van der Waals surface area contributed by atoms with Crippen LogP contribution in [0.2, 0.25) is 0 Å². The lowest BCUT2D eigenvalue weighted by Gasteiger charge is -2.31. The Hall–Kier alpha value is -0.950. The highest BCUT2D eigenvalue weighted by Gasteiger charge is 2.35. The average Bonchev–Trinajstić information content (AvgIpc) is 2.86. The fourth-order valence-corrected chi connectivity index (χ4v) is 3.82. The molecule has 0 amide bonds. The van der Waals surface area contributed by atoms with Crippen LogP contribution in [0.3, 0.4) is 0 Å². The van der Waals surface area contributed by atoms with E-state index in [9.17, 15) is 8.42 Å². The minimum Gasteiger partial charge on any atom is -0.338 e. The molecule has 6 nitrogen and oxygen atoms in total. The van der Waals surface area contributed by atoms with Crippen molar-refractivity contribution in [3.05, 3.63) is 11.7 Å². The lowest BCUT2D eigenvalue weighted by Crippen LogP contribution is -2.39. The smallest absolute Gasteiger partial charge is 0.245 e. The third kappa shape index (κ3) is 3.38. The van der Waals surface area contributed by atoms with E-state index in [1.54, 1.807) is 6.92 Å². The van der Waals surface area contributed by atoms with E-state index >= 15 is 0 Å². The summed E-state index contributed by atoms with van der Waals surface area (Å²) in [6.07, 6.45) is 3.38. The van der Waals surface area contributed by atoms with Gasteiger partial charge in [-0.05, 0) is 25.7 Å². The first-order chi connectivity index (χ1) is 9.44. The van der Waals surface area contributed by atoms with Crippen molar-refractivity contribution in [2.45, 2.75) is 52.5 Å². The maximum atomic E-state index is 12.2. The van der Waals surface area contributed by atoms with Crippen LogP contribution in [-0.2, 0) is 16.4 Å². The largest absolute Gasteiger partial charge is 0.338 e. The second-order valence-electron chi connectivity index (χ2n) is 5.67. The highest BCUT2D eigenvalue weighted by atomic mass is 32.2. The minimum atomic E-state index is -3.23. The van der Waals surface area contributed by atoms with Gasteiger partial charge in [-0.25, -0.2) is 8.42 Å². The Morgan fingerprint density at radius 3 is 2.80 bits per heavy atom. The van der Waals surface area contributed by atoms with Crippen molar-refractivity contribution in [3.8, 4) is 0 Å². The Bertz CT molecular complexity index is 539. The van der Waals surface area contributed by atoms with E-state index in [1.165, 1.54) is 4.31 Å². The first-order valence-electron chi connectivity index (χ1n) is 7.26. The molecule has 1 atom stereocenters. The molecule has 1 aliphatic rings. The first kappa shape index (κ1) is 15.4. The van der Waals surface area contributed by atoms with E-state index in [4.69, 9.17) is 4.52 Å². The van der Waals surface area contributed by atoms with Crippen molar-refractivity contribution in [1.82, 2.24) is 14.4 Å². The molecule has 7 heteroatoms. The molecule has 0 aliphatic carbocycles. The number of hydrogen-bond acceptors (Lipinski definition) is 5. The third-order valence-corrected chi connectivity index (χ3v) is 5.42. The lowest BCUT2D eigenvalue weighted by molar-refractivity contribution is 0.204. The fraction of sp³-hybridized carbons (Fsp3) is 0.846. The lowest BCUT2D eigenvalue weighted by atomic mass is 10.1. The number of sulfonamides is 1.